The summed E-state index contributed by atoms with van der Waals surface area (Å²) in [6, 6.07) is 13.4. The van der Waals surface area contributed by atoms with Crippen molar-refractivity contribution < 1.29 is 23.9 Å². The van der Waals surface area contributed by atoms with Gasteiger partial charge in [0.25, 0.3) is 5.91 Å². The molecule has 0 bridgehead atoms. The van der Waals surface area contributed by atoms with Crippen molar-refractivity contribution in [3.05, 3.63) is 82.6 Å². The van der Waals surface area contributed by atoms with E-state index in [1.165, 1.54) is 13.0 Å². The Bertz CT molecular complexity index is 1070. The van der Waals surface area contributed by atoms with Crippen molar-refractivity contribution in [2.75, 3.05) is 5.32 Å². The lowest BCUT2D eigenvalue weighted by atomic mass is 9.96. The topological polar surface area (TPSA) is 89.5 Å². The smallest absolute Gasteiger partial charge is 0.329 e. The highest BCUT2D eigenvalue weighted by atomic mass is 35.5. The molecule has 7 heteroatoms. The van der Waals surface area contributed by atoms with E-state index in [-0.39, 0.29) is 11.7 Å². The number of benzene rings is 2. The molecule has 1 heterocycles. The first-order valence-corrected chi connectivity index (χ1v) is 9.04. The van der Waals surface area contributed by atoms with Gasteiger partial charge < -0.3 is 10.1 Å². The summed E-state index contributed by atoms with van der Waals surface area (Å²) in [7, 11) is 0. The maximum absolute atomic E-state index is 12.4. The molecule has 1 aliphatic rings. The van der Waals surface area contributed by atoms with Gasteiger partial charge in [-0.3, -0.25) is 19.2 Å². The van der Waals surface area contributed by atoms with E-state index in [1.54, 1.807) is 48.5 Å². The summed E-state index contributed by atoms with van der Waals surface area (Å²) in [5.41, 5.74) is 1.43. The van der Waals surface area contributed by atoms with Gasteiger partial charge >= 0.3 is 5.97 Å². The normalized spacial score (nSPS) is 16.3. The van der Waals surface area contributed by atoms with Gasteiger partial charge in [0, 0.05) is 11.8 Å². The molecule has 0 spiro atoms. The fourth-order valence-corrected chi connectivity index (χ4v) is 2.96. The van der Waals surface area contributed by atoms with Gasteiger partial charge in [-0.1, -0.05) is 41.9 Å². The van der Waals surface area contributed by atoms with Crippen LogP contribution in [0.2, 0.25) is 5.02 Å². The predicted octanol–water partition coefficient (Wildman–Crippen LogP) is 3.82. The molecule has 1 aliphatic heterocycles. The number of cyclic esters (lactones) is 1. The van der Waals surface area contributed by atoms with Crippen molar-refractivity contribution >= 4 is 46.8 Å². The molecule has 29 heavy (non-hydrogen) atoms. The fourth-order valence-electron chi connectivity index (χ4n) is 2.74. The average molecular weight is 410 g/mol. The van der Waals surface area contributed by atoms with Crippen LogP contribution in [0.25, 0.3) is 6.08 Å². The zero-order chi connectivity index (χ0) is 21.0. The molecule has 3 rings (SSSR count). The molecule has 2 aromatic rings. The van der Waals surface area contributed by atoms with E-state index in [0.29, 0.717) is 21.8 Å². The van der Waals surface area contributed by atoms with Crippen LogP contribution in [-0.2, 0) is 19.1 Å². The van der Waals surface area contributed by atoms with Crippen molar-refractivity contribution in [2.45, 2.75) is 6.92 Å². The number of ether oxygens (including phenoxy) is 1. The minimum absolute atomic E-state index is 0.162. The minimum Gasteiger partial charge on any atom is -0.430 e. The number of carbonyl (C=O) groups is 4. The molecule has 0 fully saturated rings. The summed E-state index contributed by atoms with van der Waals surface area (Å²) in [4.78, 5) is 48.3. The third kappa shape index (κ3) is 4.86. The van der Waals surface area contributed by atoms with Crippen molar-refractivity contribution in [1.82, 2.24) is 0 Å². The maximum atomic E-state index is 12.4. The van der Waals surface area contributed by atoms with Crippen LogP contribution in [0, 0.1) is 5.92 Å². The first-order valence-electron chi connectivity index (χ1n) is 8.67. The zero-order valence-electron chi connectivity index (χ0n) is 15.3. The fraction of sp³-hybridized carbons (Fsp3) is 0.0909. The van der Waals surface area contributed by atoms with Crippen LogP contribution in [0.15, 0.2) is 66.4 Å². The first-order chi connectivity index (χ1) is 13.8. The molecule has 6 nitrogen and oxygen atoms in total. The summed E-state index contributed by atoms with van der Waals surface area (Å²) < 4.78 is 4.85. The van der Waals surface area contributed by atoms with Crippen LogP contribution in [0.1, 0.15) is 22.8 Å². The highest BCUT2D eigenvalue weighted by molar-refractivity contribution is 6.34. The number of halogens is 1. The molecule has 0 radical (unpaired) electrons. The highest BCUT2D eigenvalue weighted by Crippen LogP contribution is 2.19. The molecule has 0 saturated heterocycles. The average Bonchev–Trinajstić information content (AvgIpc) is 2.66. The summed E-state index contributed by atoms with van der Waals surface area (Å²) in [5.74, 6) is -3.85. The van der Waals surface area contributed by atoms with Crippen molar-refractivity contribution in [3.63, 3.8) is 0 Å². The van der Waals surface area contributed by atoms with Crippen molar-refractivity contribution in [3.8, 4) is 0 Å². The van der Waals surface area contributed by atoms with Gasteiger partial charge in [0.2, 0.25) is 0 Å². The third-order valence-corrected chi connectivity index (χ3v) is 4.44. The molecule has 0 aliphatic carbocycles. The molecule has 1 N–H and O–H groups in total. The first kappa shape index (κ1) is 20.2. The van der Waals surface area contributed by atoms with E-state index >= 15 is 0 Å². The Morgan fingerprint density at radius 1 is 1.10 bits per heavy atom. The van der Waals surface area contributed by atoms with Gasteiger partial charge in [-0.05, 0) is 42.8 Å². The lowest BCUT2D eigenvalue weighted by Crippen LogP contribution is -2.34. The number of hydrogen-bond donors (Lipinski definition) is 1. The van der Waals surface area contributed by atoms with Crippen LogP contribution < -0.4 is 5.32 Å². The summed E-state index contributed by atoms with van der Waals surface area (Å²) in [6.45, 7) is 1.47. The van der Waals surface area contributed by atoms with Gasteiger partial charge in [-0.15, -0.1) is 0 Å². The highest BCUT2D eigenvalue weighted by Gasteiger charge is 2.36. The molecule has 2 aromatic carbocycles. The van der Waals surface area contributed by atoms with E-state index in [9.17, 15) is 19.2 Å². The zero-order valence-corrected chi connectivity index (χ0v) is 16.1. The molecule has 0 aromatic heterocycles. The quantitative estimate of drug-likeness (QED) is 0.460. The lowest BCUT2D eigenvalue weighted by molar-refractivity contribution is -0.151. The number of ketones is 2. The van der Waals surface area contributed by atoms with Gasteiger partial charge in [-0.25, -0.2) is 0 Å². The third-order valence-electron chi connectivity index (χ3n) is 4.11. The van der Waals surface area contributed by atoms with E-state index < -0.39 is 23.5 Å². The van der Waals surface area contributed by atoms with Crippen LogP contribution in [0.4, 0.5) is 5.69 Å². The Balaban J connectivity index is 1.72. The van der Waals surface area contributed by atoms with Crippen LogP contribution in [-0.4, -0.2) is 23.4 Å². The maximum Gasteiger partial charge on any atom is 0.329 e. The van der Waals surface area contributed by atoms with Gasteiger partial charge in [0.1, 0.15) is 5.76 Å². The van der Waals surface area contributed by atoms with Crippen molar-refractivity contribution in [2.24, 2.45) is 5.92 Å². The second kappa shape index (κ2) is 8.67. The lowest BCUT2D eigenvalue weighted by Gasteiger charge is -2.15. The van der Waals surface area contributed by atoms with Crippen LogP contribution >= 0.6 is 11.6 Å². The van der Waals surface area contributed by atoms with Crippen LogP contribution in [0.5, 0.6) is 0 Å². The second-order valence-corrected chi connectivity index (χ2v) is 6.71. The molecule has 0 saturated carbocycles. The Kier molecular flexibility index (Phi) is 6.04. The largest absolute Gasteiger partial charge is 0.430 e. The number of anilines is 1. The Labute approximate surface area is 171 Å². The van der Waals surface area contributed by atoms with Gasteiger partial charge in [0.05, 0.1) is 10.6 Å². The van der Waals surface area contributed by atoms with E-state index in [0.717, 1.165) is 12.2 Å². The monoisotopic (exact) mass is 409 g/mol. The standard InChI is InChI=1S/C22H16ClNO5/c1-13-11-19(26)20(22(28)29-13)18(25)10-9-14-5-4-6-15(12-14)24-21(27)16-7-2-3-8-17(16)23/h2-12,20H,1H3,(H,24,27)/b10-9-/t20-/m1/s1. The van der Waals surface area contributed by atoms with E-state index in [4.69, 9.17) is 16.3 Å². The van der Waals surface area contributed by atoms with Gasteiger partial charge in [0.15, 0.2) is 17.5 Å². The molecule has 1 amide bonds. The van der Waals surface area contributed by atoms with Crippen molar-refractivity contribution in [1.29, 1.82) is 0 Å². The number of carbonyl (C=O) groups excluding carboxylic acids is 4. The Hall–Kier alpha value is -3.51. The Morgan fingerprint density at radius 3 is 2.59 bits per heavy atom. The van der Waals surface area contributed by atoms with E-state index in [2.05, 4.69) is 5.32 Å². The summed E-state index contributed by atoms with van der Waals surface area (Å²) in [5, 5.41) is 3.06. The molecule has 1 atom stereocenters. The second-order valence-electron chi connectivity index (χ2n) is 6.31. The number of allylic oxidation sites excluding steroid dienone is 3. The molecular formula is C22H16ClNO5. The number of amides is 1. The molecule has 0 unspecified atom stereocenters. The van der Waals surface area contributed by atoms with E-state index in [1.807, 2.05) is 0 Å². The SMILES string of the molecule is CC1=CC(=O)[C@@H](C(=O)/C=C\c2cccc(NC(=O)c3ccccc3Cl)c2)C(=O)O1. The summed E-state index contributed by atoms with van der Waals surface area (Å²) >= 11 is 6.03. The minimum atomic E-state index is -1.49. The Morgan fingerprint density at radius 2 is 1.86 bits per heavy atom. The molecule has 146 valence electrons. The number of rotatable bonds is 5. The summed E-state index contributed by atoms with van der Waals surface area (Å²) in [6.07, 6.45) is 3.73. The number of hydrogen-bond acceptors (Lipinski definition) is 5. The predicted molar refractivity (Wildman–Crippen MR) is 108 cm³/mol. The molecular weight excluding hydrogens is 394 g/mol. The number of nitrogens with one attached hydrogen (secondary N) is 1. The van der Waals surface area contributed by atoms with Gasteiger partial charge in [-0.2, -0.15) is 0 Å². The van der Waals surface area contributed by atoms with Crippen LogP contribution in [0.3, 0.4) is 0 Å². The number of esters is 1.